The fraction of sp³-hybridized carbons (Fsp3) is 0.333. The highest BCUT2D eigenvalue weighted by atomic mass is 19.1. The van der Waals surface area contributed by atoms with Gasteiger partial charge < -0.3 is 9.47 Å². The van der Waals surface area contributed by atoms with Gasteiger partial charge in [-0.3, -0.25) is 0 Å². The third-order valence-electron chi connectivity index (χ3n) is 1.84. The van der Waals surface area contributed by atoms with E-state index in [1.54, 1.807) is 0 Å². The number of halogens is 1. The van der Waals surface area contributed by atoms with Gasteiger partial charge in [0.2, 0.25) is 5.95 Å². The van der Waals surface area contributed by atoms with Gasteiger partial charge in [0.25, 0.3) is 0 Å². The van der Waals surface area contributed by atoms with Gasteiger partial charge in [0.1, 0.15) is 6.10 Å². The van der Waals surface area contributed by atoms with Crippen LogP contribution in [0.3, 0.4) is 0 Å². The largest absolute Gasteiger partial charge is 0.454 e. The standard InChI is InChI=1S/C9H8FNO3/c10-8-3-6(1-2-11-8)9(12)14-7-4-13-5-7/h1-3,7H,4-5H2. The molecule has 0 aliphatic carbocycles. The Balaban J connectivity index is 2.02. The van der Waals surface area contributed by atoms with Crippen molar-refractivity contribution in [2.24, 2.45) is 0 Å². The maximum absolute atomic E-state index is 12.6. The minimum Gasteiger partial charge on any atom is -0.454 e. The molecule has 1 aliphatic heterocycles. The van der Waals surface area contributed by atoms with E-state index >= 15 is 0 Å². The van der Waals surface area contributed by atoms with E-state index in [2.05, 4.69) is 4.98 Å². The molecule has 0 N–H and O–H groups in total. The quantitative estimate of drug-likeness (QED) is 0.519. The number of hydrogen-bond donors (Lipinski definition) is 0. The van der Waals surface area contributed by atoms with E-state index in [1.165, 1.54) is 12.3 Å². The fourth-order valence-electron chi connectivity index (χ4n) is 1.03. The van der Waals surface area contributed by atoms with Gasteiger partial charge in [-0.25, -0.2) is 9.78 Å². The molecule has 1 aromatic rings. The van der Waals surface area contributed by atoms with Crippen LogP contribution in [0.15, 0.2) is 18.3 Å². The van der Waals surface area contributed by atoms with Crippen LogP contribution in [-0.4, -0.2) is 30.3 Å². The van der Waals surface area contributed by atoms with Crippen molar-refractivity contribution in [3.63, 3.8) is 0 Å². The van der Waals surface area contributed by atoms with Crippen LogP contribution in [0.25, 0.3) is 0 Å². The molecule has 0 atom stereocenters. The summed E-state index contributed by atoms with van der Waals surface area (Å²) in [5.74, 6) is -1.23. The lowest BCUT2D eigenvalue weighted by Crippen LogP contribution is -2.37. The van der Waals surface area contributed by atoms with Crippen LogP contribution in [0.4, 0.5) is 4.39 Å². The Kier molecular flexibility index (Phi) is 2.41. The predicted octanol–water partition coefficient (Wildman–Crippen LogP) is 0.776. The summed E-state index contributed by atoms with van der Waals surface area (Å²) in [5, 5.41) is 0. The van der Waals surface area contributed by atoms with Crippen LogP contribution in [0.5, 0.6) is 0 Å². The average molecular weight is 197 g/mol. The predicted molar refractivity (Wildman–Crippen MR) is 44.2 cm³/mol. The zero-order chi connectivity index (χ0) is 9.97. The van der Waals surface area contributed by atoms with Gasteiger partial charge in [0.15, 0.2) is 0 Å². The summed E-state index contributed by atoms with van der Waals surface area (Å²) < 4.78 is 22.4. The van der Waals surface area contributed by atoms with Crippen molar-refractivity contribution in [1.82, 2.24) is 4.98 Å². The number of nitrogens with zero attached hydrogens (tertiary/aromatic N) is 1. The smallest absolute Gasteiger partial charge is 0.338 e. The van der Waals surface area contributed by atoms with E-state index in [4.69, 9.17) is 9.47 Å². The molecule has 2 rings (SSSR count). The summed E-state index contributed by atoms with van der Waals surface area (Å²) in [4.78, 5) is 14.7. The molecule has 14 heavy (non-hydrogen) atoms. The van der Waals surface area contributed by atoms with E-state index in [0.717, 1.165) is 6.07 Å². The molecule has 5 heteroatoms. The zero-order valence-electron chi connectivity index (χ0n) is 7.27. The van der Waals surface area contributed by atoms with Gasteiger partial charge >= 0.3 is 5.97 Å². The monoisotopic (exact) mass is 197 g/mol. The Bertz CT molecular complexity index is 352. The topological polar surface area (TPSA) is 48.4 Å². The summed E-state index contributed by atoms with van der Waals surface area (Å²) >= 11 is 0. The van der Waals surface area contributed by atoms with Crippen LogP contribution >= 0.6 is 0 Å². The molecule has 0 saturated carbocycles. The minimum absolute atomic E-state index is 0.171. The van der Waals surface area contributed by atoms with Gasteiger partial charge in [-0.05, 0) is 6.07 Å². The van der Waals surface area contributed by atoms with Crippen LogP contribution in [0, 0.1) is 5.95 Å². The van der Waals surface area contributed by atoms with Crippen molar-refractivity contribution >= 4 is 5.97 Å². The van der Waals surface area contributed by atoms with E-state index in [1.807, 2.05) is 0 Å². The molecule has 4 nitrogen and oxygen atoms in total. The molecule has 74 valence electrons. The summed E-state index contributed by atoms with van der Waals surface area (Å²) in [6.45, 7) is 0.832. The lowest BCUT2D eigenvalue weighted by Gasteiger charge is -2.25. The molecule has 1 fully saturated rings. The molecule has 1 aromatic heterocycles. The second-order valence-electron chi connectivity index (χ2n) is 2.93. The normalized spacial score (nSPS) is 16.1. The lowest BCUT2D eigenvalue weighted by molar-refractivity contribution is -0.103. The van der Waals surface area contributed by atoms with E-state index in [9.17, 15) is 9.18 Å². The van der Waals surface area contributed by atoms with Crippen molar-refractivity contribution < 1.29 is 18.7 Å². The van der Waals surface area contributed by atoms with E-state index < -0.39 is 11.9 Å². The first-order chi connectivity index (χ1) is 6.75. The van der Waals surface area contributed by atoms with Gasteiger partial charge in [0, 0.05) is 12.3 Å². The van der Waals surface area contributed by atoms with Crippen molar-refractivity contribution in [3.05, 3.63) is 29.8 Å². The van der Waals surface area contributed by atoms with Crippen LogP contribution in [0.1, 0.15) is 10.4 Å². The maximum Gasteiger partial charge on any atom is 0.338 e. The highest BCUT2D eigenvalue weighted by Gasteiger charge is 2.23. The number of esters is 1. The first-order valence-corrected chi connectivity index (χ1v) is 4.16. The molecular weight excluding hydrogens is 189 g/mol. The number of carbonyl (C=O) groups is 1. The summed E-state index contributed by atoms with van der Waals surface area (Å²) in [6, 6.07) is 2.45. The van der Waals surface area contributed by atoms with Crippen LogP contribution in [0.2, 0.25) is 0 Å². The molecule has 0 amide bonds. The third kappa shape index (κ3) is 1.88. The van der Waals surface area contributed by atoms with Gasteiger partial charge in [-0.2, -0.15) is 4.39 Å². The number of ether oxygens (including phenoxy) is 2. The van der Waals surface area contributed by atoms with Crippen molar-refractivity contribution in [2.45, 2.75) is 6.10 Å². The molecule has 1 aliphatic rings. The minimum atomic E-state index is -0.690. The van der Waals surface area contributed by atoms with Crippen molar-refractivity contribution in [3.8, 4) is 0 Å². The Morgan fingerprint density at radius 2 is 2.43 bits per heavy atom. The van der Waals surface area contributed by atoms with E-state index in [0.29, 0.717) is 13.2 Å². The SMILES string of the molecule is O=C(OC1COC1)c1ccnc(F)c1. The second-order valence-corrected chi connectivity index (χ2v) is 2.93. The molecule has 0 radical (unpaired) electrons. The molecule has 0 aromatic carbocycles. The van der Waals surface area contributed by atoms with Gasteiger partial charge in [-0.1, -0.05) is 0 Å². The van der Waals surface area contributed by atoms with Crippen LogP contribution in [-0.2, 0) is 9.47 Å². The molecular formula is C9H8FNO3. The fourth-order valence-corrected chi connectivity index (χ4v) is 1.03. The molecule has 1 saturated heterocycles. The van der Waals surface area contributed by atoms with Gasteiger partial charge in [-0.15, -0.1) is 0 Å². The number of rotatable bonds is 2. The molecule has 0 spiro atoms. The molecule has 0 unspecified atom stereocenters. The van der Waals surface area contributed by atoms with Crippen molar-refractivity contribution in [1.29, 1.82) is 0 Å². The number of pyridine rings is 1. The summed E-state index contributed by atoms with van der Waals surface area (Å²) in [5.41, 5.74) is 0.171. The van der Waals surface area contributed by atoms with E-state index in [-0.39, 0.29) is 11.7 Å². The van der Waals surface area contributed by atoms with Crippen LogP contribution < -0.4 is 0 Å². The Hall–Kier alpha value is -1.49. The number of carbonyl (C=O) groups excluding carboxylic acids is 1. The first-order valence-electron chi connectivity index (χ1n) is 4.16. The average Bonchev–Trinajstić information content (AvgIpc) is 2.11. The molecule has 2 heterocycles. The van der Waals surface area contributed by atoms with Crippen molar-refractivity contribution in [2.75, 3.05) is 13.2 Å². The number of hydrogen-bond acceptors (Lipinski definition) is 4. The first kappa shape index (κ1) is 9.08. The zero-order valence-corrected chi connectivity index (χ0v) is 7.27. The maximum atomic E-state index is 12.6. The summed E-state index contributed by atoms with van der Waals surface area (Å²) in [7, 11) is 0. The highest BCUT2D eigenvalue weighted by molar-refractivity contribution is 5.89. The van der Waals surface area contributed by atoms with Gasteiger partial charge in [0.05, 0.1) is 18.8 Å². The number of aromatic nitrogens is 1. The highest BCUT2D eigenvalue weighted by Crippen LogP contribution is 2.10. The third-order valence-corrected chi connectivity index (χ3v) is 1.84. The Morgan fingerprint density at radius 1 is 1.64 bits per heavy atom. The Labute approximate surface area is 79.7 Å². The summed E-state index contributed by atoms with van der Waals surface area (Å²) in [6.07, 6.45) is 1.03. The Morgan fingerprint density at radius 3 is 3.00 bits per heavy atom. The lowest BCUT2D eigenvalue weighted by atomic mass is 10.2. The second kappa shape index (κ2) is 3.71. The molecule has 0 bridgehead atoms.